The van der Waals surface area contributed by atoms with E-state index in [2.05, 4.69) is 47.8 Å². The smallest absolute Gasteiger partial charge is 0.335 e. The highest BCUT2D eigenvalue weighted by molar-refractivity contribution is 9.11. The topological polar surface area (TPSA) is 46.5 Å². The Morgan fingerprint density at radius 3 is 2.38 bits per heavy atom. The molecule has 0 heterocycles. The van der Waals surface area contributed by atoms with Gasteiger partial charge in [0.15, 0.2) is 0 Å². The first-order chi connectivity index (χ1) is 9.90. The van der Waals surface area contributed by atoms with E-state index in [9.17, 15) is 9.18 Å². The summed E-state index contributed by atoms with van der Waals surface area (Å²) in [5.74, 6) is -0.942. The number of halogens is 4. The lowest BCUT2D eigenvalue weighted by atomic mass is 10.2. The van der Waals surface area contributed by atoms with E-state index < -0.39 is 5.97 Å². The lowest BCUT2D eigenvalue weighted by molar-refractivity contribution is 0.0696. The Morgan fingerprint density at radius 1 is 1.19 bits per heavy atom. The number of rotatable bonds is 4. The summed E-state index contributed by atoms with van der Waals surface area (Å²) in [7, 11) is 0. The zero-order valence-corrected chi connectivity index (χ0v) is 15.1. The van der Waals surface area contributed by atoms with Crippen molar-refractivity contribution in [3.05, 3.63) is 60.7 Å². The van der Waals surface area contributed by atoms with Gasteiger partial charge in [-0.1, -0.05) is 12.1 Å². The lowest BCUT2D eigenvalue weighted by Gasteiger charge is -2.12. The van der Waals surface area contributed by atoms with Gasteiger partial charge in [-0.05, 0) is 66.0 Å². The van der Waals surface area contributed by atoms with Crippen molar-refractivity contribution in [2.75, 3.05) is 0 Å². The molecule has 0 aliphatic heterocycles. The summed E-state index contributed by atoms with van der Waals surface area (Å²) in [6.45, 7) is 0.141. The number of hydrogen-bond donors (Lipinski definition) is 1. The van der Waals surface area contributed by atoms with Gasteiger partial charge in [-0.25, -0.2) is 9.18 Å². The van der Waals surface area contributed by atoms with Crippen molar-refractivity contribution < 1.29 is 19.0 Å². The molecular formula is C14H8Br3FO3. The Bertz CT molecular complexity index is 681. The second-order valence-electron chi connectivity index (χ2n) is 4.08. The molecule has 21 heavy (non-hydrogen) atoms. The number of aromatic carboxylic acids is 1. The van der Waals surface area contributed by atoms with Crippen LogP contribution in [0.1, 0.15) is 15.9 Å². The summed E-state index contributed by atoms with van der Waals surface area (Å²) in [5, 5.41) is 8.97. The van der Waals surface area contributed by atoms with Gasteiger partial charge in [0, 0.05) is 5.56 Å². The molecule has 0 atom stereocenters. The standard InChI is InChI=1S/C14H8Br3FO3/c15-9-4-8(14(19)20)5-10(16)13(9)21-6-7-2-1-3-11(18)12(7)17/h1-5H,6H2,(H,19,20). The van der Waals surface area contributed by atoms with Gasteiger partial charge in [0.05, 0.1) is 19.0 Å². The second-order valence-corrected chi connectivity index (χ2v) is 6.58. The van der Waals surface area contributed by atoms with Crippen LogP contribution in [0.15, 0.2) is 43.7 Å². The SMILES string of the molecule is O=C(O)c1cc(Br)c(OCc2cccc(F)c2Br)c(Br)c1. The van der Waals surface area contributed by atoms with Gasteiger partial charge in [-0.15, -0.1) is 0 Å². The van der Waals surface area contributed by atoms with Crippen LogP contribution in [-0.2, 0) is 6.61 Å². The molecule has 0 aromatic heterocycles. The van der Waals surface area contributed by atoms with Crippen LogP contribution in [0.25, 0.3) is 0 Å². The number of hydrogen-bond acceptors (Lipinski definition) is 2. The first kappa shape index (κ1) is 16.5. The summed E-state index contributed by atoms with van der Waals surface area (Å²) in [4.78, 5) is 10.9. The van der Waals surface area contributed by atoms with Crippen molar-refractivity contribution in [2.45, 2.75) is 6.61 Å². The van der Waals surface area contributed by atoms with E-state index in [4.69, 9.17) is 9.84 Å². The summed E-state index contributed by atoms with van der Waals surface area (Å²) in [6.07, 6.45) is 0. The van der Waals surface area contributed by atoms with Crippen LogP contribution >= 0.6 is 47.8 Å². The molecule has 1 N–H and O–H groups in total. The molecule has 0 spiro atoms. The van der Waals surface area contributed by atoms with Crippen LogP contribution in [0, 0.1) is 5.82 Å². The predicted molar refractivity (Wildman–Crippen MR) is 87.2 cm³/mol. The van der Waals surface area contributed by atoms with Gasteiger partial charge >= 0.3 is 5.97 Å². The Balaban J connectivity index is 2.24. The second kappa shape index (κ2) is 6.89. The lowest BCUT2D eigenvalue weighted by Crippen LogP contribution is -2.01. The highest BCUT2D eigenvalue weighted by atomic mass is 79.9. The average molecular weight is 483 g/mol. The molecule has 2 aromatic carbocycles. The molecule has 0 unspecified atom stereocenters. The first-order valence-corrected chi connectivity index (χ1v) is 8.06. The fraction of sp³-hybridized carbons (Fsp3) is 0.0714. The molecule has 0 saturated heterocycles. The minimum Gasteiger partial charge on any atom is -0.486 e. The van der Waals surface area contributed by atoms with Crippen LogP contribution in [0.3, 0.4) is 0 Å². The van der Waals surface area contributed by atoms with Crippen LogP contribution in [-0.4, -0.2) is 11.1 Å². The average Bonchev–Trinajstić information content (AvgIpc) is 2.42. The monoisotopic (exact) mass is 480 g/mol. The zero-order chi connectivity index (χ0) is 15.6. The number of benzene rings is 2. The van der Waals surface area contributed by atoms with Crippen LogP contribution in [0.5, 0.6) is 5.75 Å². The Labute approximate surface area is 145 Å². The van der Waals surface area contributed by atoms with Crippen molar-refractivity contribution in [1.82, 2.24) is 0 Å². The van der Waals surface area contributed by atoms with E-state index in [1.807, 2.05) is 0 Å². The van der Waals surface area contributed by atoms with Gasteiger partial charge in [-0.3, -0.25) is 0 Å². The molecule has 0 bridgehead atoms. The van der Waals surface area contributed by atoms with Crippen molar-refractivity contribution in [3.63, 3.8) is 0 Å². The molecule has 110 valence electrons. The maximum Gasteiger partial charge on any atom is 0.335 e. The summed E-state index contributed by atoms with van der Waals surface area (Å²) in [6, 6.07) is 7.57. The summed E-state index contributed by atoms with van der Waals surface area (Å²) >= 11 is 9.70. The third-order valence-corrected chi connectivity index (χ3v) is 4.71. The molecule has 2 aromatic rings. The van der Waals surface area contributed by atoms with E-state index in [0.717, 1.165) is 0 Å². The molecule has 0 saturated carbocycles. The quantitative estimate of drug-likeness (QED) is 0.635. The van der Waals surface area contributed by atoms with Crippen LogP contribution < -0.4 is 4.74 Å². The Hall–Kier alpha value is -0.920. The first-order valence-electron chi connectivity index (χ1n) is 5.68. The number of ether oxygens (including phenoxy) is 1. The fourth-order valence-electron chi connectivity index (χ4n) is 1.63. The van der Waals surface area contributed by atoms with Crippen LogP contribution in [0.2, 0.25) is 0 Å². The maximum atomic E-state index is 13.4. The fourth-order valence-corrected chi connectivity index (χ4v) is 3.43. The van der Waals surface area contributed by atoms with Gasteiger partial charge in [-0.2, -0.15) is 0 Å². The molecule has 0 fully saturated rings. The van der Waals surface area contributed by atoms with Crippen molar-refractivity contribution in [3.8, 4) is 5.75 Å². The van der Waals surface area contributed by atoms with E-state index in [1.165, 1.54) is 18.2 Å². The minimum absolute atomic E-state index is 0.132. The highest BCUT2D eigenvalue weighted by Crippen LogP contribution is 2.35. The third kappa shape index (κ3) is 3.84. The normalized spacial score (nSPS) is 10.5. The van der Waals surface area contributed by atoms with Crippen molar-refractivity contribution in [2.24, 2.45) is 0 Å². The van der Waals surface area contributed by atoms with Crippen LogP contribution in [0.4, 0.5) is 4.39 Å². The largest absolute Gasteiger partial charge is 0.486 e. The molecule has 0 aliphatic carbocycles. The van der Waals surface area contributed by atoms with Gasteiger partial charge < -0.3 is 9.84 Å². The Kier molecular flexibility index (Phi) is 5.40. The third-order valence-electron chi connectivity index (χ3n) is 2.65. The maximum absolute atomic E-state index is 13.4. The van der Waals surface area contributed by atoms with E-state index in [1.54, 1.807) is 12.1 Å². The van der Waals surface area contributed by atoms with Gasteiger partial charge in [0.2, 0.25) is 0 Å². The molecule has 3 nitrogen and oxygen atoms in total. The van der Waals surface area contributed by atoms with Gasteiger partial charge in [0.1, 0.15) is 18.2 Å². The highest BCUT2D eigenvalue weighted by Gasteiger charge is 2.14. The van der Waals surface area contributed by atoms with Crippen molar-refractivity contribution in [1.29, 1.82) is 0 Å². The minimum atomic E-state index is -1.03. The van der Waals surface area contributed by atoms with E-state index in [0.29, 0.717) is 24.7 Å². The molecule has 2 rings (SSSR count). The predicted octanol–water partition coefficient (Wildman–Crippen LogP) is 5.39. The van der Waals surface area contributed by atoms with Crippen molar-refractivity contribution >= 4 is 53.8 Å². The molecular weight excluding hydrogens is 475 g/mol. The van der Waals surface area contributed by atoms with Gasteiger partial charge in [0.25, 0.3) is 0 Å². The van der Waals surface area contributed by atoms with E-state index in [-0.39, 0.29) is 18.0 Å². The molecule has 0 amide bonds. The zero-order valence-electron chi connectivity index (χ0n) is 10.4. The summed E-state index contributed by atoms with van der Waals surface area (Å²) < 4.78 is 20.4. The Morgan fingerprint density at radius 2 is 1.81 bits per heavy atom. The summed E-state index contributed by atoms with van der Waals surface area (Å²) in [5.41, 5.74) is 0.782. The number of carboxylic acid groups (broad SMARTS) is 1. The number of carbonyl (C=O) groups is 1. The molecule has 0 aliphatic rings. The van der Waals surface area contributed by atoms with E-state index >= 15 is 0 Å². The molecule has 0 radical (unpaired) electrons. The molecule has 7 heteroatoms. The number of carboxylic acids is 1.